The lowest BCUT2D eigenvalue weighted by Crippen LogP contribution is -2.38. The summed E-state index contributed by atoms with van der Waals surface area (Å²) in [5.74, 6) is 1.81. The Morgan fingerprint density at radius 3 is 2.48 bits per heavy atom. The van der Waals surface area contributed by atoms with Crippen LogP contribution in [-0.4, -0.2) is 33.0 Å². The predicted molar refractivity (Wildman–Crippen MR) is 103 cm³/mol. The van der Waals surface area contributed by atoms with E-state index in [2.05, 4.69) is 15.7 Å². The number of benzene rings is 1. The second-order valence-electron chi connectivity index (χ2n) is 7.42. The van der Waals surface area contributed by atoms with Crippen LogP contribution in [0.15, 0.2) is 33.6 Å². The van der Waals surface area contributed by atoms with Gasteiger partial charge in [-0.25, -0.2) is 17.5 Å². The van der Waals surface area contributed by atoms with Gasteiger partial charge in [0.1, 0.15) is 17.3 Å². The quantitative estimate of drug-likeness (QED) is 0.814. The van der Waals surface area contributed by atoms with Crippen LogP contribution >= 0.6 is 0 Å². The molecule has 1 aliphatic rings. The van der Waals surface area contributed by atoms with E-state index < -0.39 is 15.8 Å². The third-order valence-corrected chi connectivity index (χ3v) is 6.67. The lowest BCUT2D eigenvalue weighted by atomic mass is 9.97. The molecule has 7 heteroatoms. The zero-order chi connectivity index (χ0) is 19.6. The van der Waals surface area contributed by atoms with E-state index in [-0.39, 0.29) is 4.90 Å². The summed E-state index contributed by atoms with van der Waals surface area (Å²) < 4.78 is 46.5. The third-order valence-electron chi connectivity index (χ3n) is 5.25. The van der Waals surface area contributed by atoms with Crippen molar-refractivity contribution in [1.82, 2.24) is 9.62 Å². The number of nitrogens with one attached hydrogen (secondary N) is 1. The maximum atomic E-state index is 13.4. The predicted octanol–water partition coefficient (Wildman–Crippen LogP) is 3.53. The Balaban J connectivity index is 1.50. The van der Waals surface area contributed by atoms with Crippen molar-refractivity contribution in [2.45, 2.75) is 45.1 Å². The minimum atomic E-state index is -3.61. The Hall–Kier alpha value is -1.70. The minimum absolute atomic E-state index is 0.115. The number of piperidine rings is 1. The van der Waals surface area contributed by atoms with Gasteiger partial charge in [-0.3, -0.25) is 4.90 Å². The Kier molecular flexibility index (Phi) is 6.03. The van der Waals surface area contributed by atoms with Crippen LogP contribution in [0.1, 0.15) is 35.5 Å². The topological polar surface area (TPSA) is 62.6 Å². The van der Waals surface area contributed by atoms with Gasteiger partial charge >= 0.3 is 0 Å². The summed E-state index contributed by atoms with van der Waals surface area (Å²) in [7, 11) is -3.61. The van der Waals surface area contributed by atoms with Gasteiger partial charge in [-0.05, 0) is 82.4 Å². The molecule has 0 atom stereocenters. The van der Waals surface area contributed by atoms with Crippen molar-refractivity contribution in [2.75, 3.05) is 19.6 Å². The molecule has 0 spiro atoms. The lowest BCUT2D eigenvalue weighted by molar-refractivity contribution is 0.178. The van der Waals surface area contributed by atoms with Crippen molar-refractivity contribution in [3.63, 3.8) is 0 Å². The Labute approximate surface area is 160 Å². The minimum Gasteiger partial charge on any atom is -0.466 e. The summed E-state index contributed by atoms with van der Waals surface area (Å²) in [6.45, 7) is 8.66. The Morgan fingerprint density at radius 1 is 1.19 bits per heavy atom. The number of sulfonamides is 1. The first kappa shape index (κ1) is 20.0. The molecule has 1 aromatic heterocycles. The molecule has 1 N–H and O–H groups in total. The van der Waals surface area contributed by atoms with Crippen molar-refractivity contribution in [2.24, 2.45) is 5.92 Å². The molecule has 0 bridgehead atoms. The highest BCUT2D eigenvalue weighted by Gasteiger charge is 2.23. The van der Waals surface area contributed by atoms with Crippen molar-refractivity contribution in [3.8, 4) is 0 Å². The highest BCUT2D eigenvalue weighted by Crippen LogP contribution is 2.22. The summed E-state index contributed by atoms with van der Waals surface area (Å²) in [6.07, 6.45) is 1.89. The van der Waals surface area contributed by atoms with Crippen LogP contribution < -0.4 is 4.72 Å². The zero-order valence-corrected chi connectivity index (χ0v) is 16.9. The molecule has 2 aromatic rings. The van der Waals surface area contributed by atoms with Gasteiger partial charge in [0, 0.05) is 18.7 Å². The number of nitrogens with zero attached hydrogens (tertiary/aromatic N) is 1. The van der Waals surface area contributed by atoms with Crippen LogP contribution in [0.4, 0.5) is 4.39 Å². The average molecular weight is 395 g/mol. The molecule has 0 amide bonds. The second-order valence-corrected chi connectivity index (χ2v) is 9.19. The molecule has 3 rings (SSSR count). The number of hydrogen-bond donors (Lipinski definition) is 1. The first-order valence-corrected chi connectivity index (χ1v) is 10.8. The molecule has 1 saturated heterocycles. The van der Waals surface area contributed by atoms with Gasteiger partial charge in [0.15, 0.2) is 0 Å². The molecule has 1 aromatic carbocycles. The van der Waals surface area contributed by atoms with E-state index in [0.29, 0.717) is 18.0 Å². The number of furan rings is 1. The summed E-state index contributed by atoms with van der Waals surface area (Å²) in [6, 6.07) is 5.96. The summed E-state index contributed by atoms with van der Waals surface area (Å²) >= 11 is 0. The largest absolute Gasteiger partial charge is 0.466 e. The van der Waals surface area contributed by atoms with E-state index >= 15 is 0 Å². The number of rotatable bonds is 6. The van der Waals surface area contributed by atoms with Crippen molar-refractivity contribution >= 4 is 10.0 Å². The fourth-order valence-corrected chi connectivity index (χ4v) is 4.73. The zero-order valence-electron chi connectivity index (χ0n) is 16.1. The standard InChI is InChI=1S/C20H27FN2O3S/c1-14-10-19(4-5-20(14)21)27(24,25)22-12-17-6-8-23(9-7-17)13-18-11-15(2)26-16(18)3/h4-5,10-11,17,22H,6-9,12-13H2,1-3H3. The number of halogens is 1. The summed E-state index contributed by atoms with van der Waals surface area (Å²) in [4.78, 5) is 2.50. The van der Waals surface area contributed by atoms with E-state index in [1.54, 1.807) is 6.92 Å². The molecule has 148 valence electrons. The SMILES string of the molecule is Cc1cc(CN2CCC(CNS(=O)(=O)c3ccc(F)c(C)c3)CC2)c(C)o1. The van der Waals surface area contributed by atoms with E-state index in [1.807, 2.05) is 13.8 Å². The van der Waals surface area contributed by atoms with Crippen LogP contribution in [-0.2, 0) is 16.6 Å². The highest BCUT2D eigenvalue weighted by molar-refractivity contribution is 7.89. The van der Waals surface area contributed by atoms with Crippen LogP contribution in [0, 0.1) is 32.5 Å². The third kappa shape index (κ3) is 4.97. The molecule has 5 nitrogen and oxygen atoms in total. The van der Waals surface area contributed by atoms with Crippen LogP contribution in [0.2, 0.25) is 0 Å². The molecule has 0 radical (unpaired) electrons. The van der Waals surface area contributed by atoms with E-state index in [1.165, 1.54) is 23.8 Å². The van der Waals surface area contributed by atoms with Crippen molar-refractivity contribution < 1.29 is 17.2 Å². The molecular weight excluding hydrogens is 367 g/mol. The molecule has 2 heterocycles. The van der Waals surface area contributed by atoms with Crippen molar-refractivity contribution in [3.05, 3.63) is 52.7 Å². The normalized spacial score (nSPS) is 16.7. The first-order chi connectivity index (χ1) is 12.7. The fraction of sp³-hybridized carbons (Fsp3) is 0.500. The molecule has 1 aliphatic heterocycles. The van der Waals surface area contributed by atoms with Gasteiger partial charge in [0.2, 0.25) is 10.0 Å². The van der Waals surface area contributed by atoms with Gasteiger partial charge in [-0.2, -0.15) is 0 Å². The van der Waals surface area contributed by atoms with E-state index in [0.717, 1.165) is 44.0 Å². The Morgan fingerprint density at radius 2 is 1.89 bits per heavy atom. The van der Waals surface area contributed by atoms with Crippen LogP contribution in [0.5, 0.6) is 0 Å². The van der Waals surface area contributed by atoms with Gasteiger partial charge in [-0.1, -0.05) is 0 Å². The summed E-state index contributed by atoms with van der Waals surface area (Å²) in [5.41, 5.74) is 1.55. The maximum Gasteiger partial charge on any atom is 0.240 e. The molecule has 1 fully saturated rings. The van der Waals surface area contributed by atoms with Gasteiger partial charge in [0.25, 0.3) is 0 Å². The van der Waals surface area contributed by atoms with Gasteiger partial charge in [-0.15, -0.1) is 0 Å². The smallest absolute Gasteiger partial charge is 0.240 e. The van der Waals surface area contributed by atoms with Gasteiger partial charge < -0.3 is 4.42 Å². The highest BCUT2D eigenvalue weighted by atomic mass is 32.2. The summed E-state index contributed by atoms with van der Waals surface area (Å²) in [5, 5.41) is 0. The van der Waals surface area contributed by atoms with Crippen LogP contribution in [0.3, 0.4) is 0 Å². The Bertz CT molecular complexity index is 900. The molecular formula is C20H27FN2O3S. The number of hydrogen-bond acceptors (Lipinski definition) is 4. The fourth-order valence-electron chi connectivity index (χ4n) is 3.53. The molecule has 0 unspecified atom stereocenters. The van der Waals surface area contributed by atoms with E-state index in [9.17, 15) is 12.8 Å². The average Bonchev–Trinajstić information content (AvgIpc) is 2.94. The van der Waals surface area contributed by atoms with E-state index in [4.69, 9.17) is 4.42 Å². The second kappa shape index (κ2) is 8.12. The maximum absolute atomic E-state index is 13.4. The number of aryl methyl sites for hydroxylation is 3. The van der Waals surface area contributed by atoms with Gasteiger partial charge in [0.05, 0.1) is 4.90 Å². The van der Waals surface area contributed by atoms with Crippen molar-refractivity contribution in [1.29, 1.82) is 0 Å². The monoisotopic (exact) mass is 394 g/mol. The lowest BCUT2D eigenvalue weighted by Gasteiger charge is -2.31. The molecule has 27 heavy (non-hydrogen) atoms. The number of likely N-dealkylation sites (tertiary alicyclic amines) is 1. The molecule has 0 saturated carbocycles. The first-order valence-electron chi connectivity index (χ1n) is 9.28. The van der Waals surface area contributed by atoms with Crippen LogP contribution in [0.25, 0.3) is 0 Å². The molecule has 0 aliphatic carbocycles.